The second-order valence-corrected chi connectivity index (χ2v) is 3.99. The number of rotatable bonds is 3. The van der Waals surface area contributed by atoms with E-state index < -0.39 is 5.82 Å². The fourth-order valence-electron chi connectivity index (χ4n) is 1.47. The molecule has 0 atom stereocenters. The zero-order valence-corrected chi connectivity index (χ0v) is 10.2. The molecule has 0 aliphatic carbocycles. The maximum absolute atomic E-state index is 13.5. The Hall–Kier alpha value is -2.37. The van der Waals surface area contributed by atoms with Gasteiger partial charge in [0.2, 0.25) is 5.95 Å². The van der Waals surface area contributed by atoms with Crippen LogP contribution in [0, 0.1) is 5.82 Å². The Bertz CT molecular complexity index is 556. The summed E-state index contributed by atoms with van der Waals surface area (Å²) in [6.45, 7) is 0. The van der Waals surface area contributed by atoms with Gasteiger partial charge >= 0.3 is 0 Å². The molecular weight excluding hydrogens is 233 g/mol. The van der Waals surface area contributed by atoms with Gasteiger partial charge in [-0.3, -0.25) is 0 Å². The van der Waals surface area contributed by atoms with E-state index in [-0.39, 0.29) is 11.8 Å². The van der Waals surface area contributed by atoms with Gasteiger partial charge in [0.05, 0.1) is 6.20 Å². The van der Waals surface area contributed by atoms with E-state index in [2.05, 4.69) is 15.3 Å². The number of aromatic nitrogens is 2. The highest BCUT2D eigenvalue weighted by atomic mass is 19.1. The van der Waals surface area contributed by atoms with Crippen molar-refractivity contribution in [3.63, 3.8) is 0 Å². The minimum atomic E-state index is -0.542. The van der Waals surface area contributed by atoms with E-state index in [0.717, 1.165) is 17.6 Å². The van der Waals surface area contributed by atoms with Crippen LogP contribution in [0.2, 0.25) is 0 Å². The molecule has 0 aliphatic heterocycles. The van der Waals surface area contributed by atoms with Crippen LogP contribution in [-0.4, -0.2) is 24.1 Å². The normalized spacial score (nSPS) is 10.2. The molecule has 2 rings (SSSR count). The molecule has 1 heterocycles. The van der Waals surface area contributed by atoms with Gasteiger partial charge in [-0.25, -0.2) is 9.37 Å². The summed E-state index contributed by atoms with van der Waals surface area (Å²) in [5.74, 6) is -0.444. The second kappa shape index (κ2) is 4.87. The number of benzene rings is 1. The highest BCUT2D eigenvalue weighted by Crippen LogP contribution is 2.22. The lowest BCUT2D eigenvalue weighted by Gasteiger charge is -2.14. The Balaban J connectivity index is 2.28. The third-order valence-electron chi connectivity index (χ3n) is 2.39. The van der Waals surface area contributed by atoms with Crippen LogP contribution < -0.4 is 16.0 Å². The molecule has 3 N–H and O–H groups in total. The number of halogens is 1. The fraction of sp³-hybridized carbons (Fsp3) is 0.167. The Morgan fingerprint density at radius 1 is 1.33 bits per heavy atom. The van der Waals surface area contributed by atoms with Gasteiger partial charge in [-0.2, -0.15) is 4.98 Å². The predicted molar refractivity (Wildman–Crippen MR) is 70.5 cm³/mol. The monoisotopic (exact) mass is 247 g/mol. The van der Waals surface area contributed by atoms with Gasteiger partial charge in [-0.05, 0) is 18.2 Å². The maximum Gasteiger partial charge on any atom is 0.222 e. The van der Waals surface area contributed by atoms with Crippen LogP contribution >= 0.6 is 0 Å². The highest BCUT2D eigenvalue weighted by molar-refractivity contribution is 5.63. The van der Waals surface area contributed by atoms with Crippen molar-refractivity contribution in [1.82, 2.24) is 9.97 Å². The largest absolute Gasteiger partial charge is 0.378 e. The van der Waals surface area contributed by atoms with Crippen LogP contribution in [0.15, 0.2) is 30.5 Å². The van der Waals surface area contributed by atoms with Crippen molar-refractivity contribution in [3.05, 3.63) is 36.3 Å². The van der Waals surface area contributed by atoms with Gasteiger partial charge in [-0.15, -0.1) is 0 Å². The number of nitrogens with one attached hydrogen (secondary N) is 1. The summed E-state index contributed by atoms with van der Waals surface area (Å²) >= 11 is 0. The number of nitrogen functional groups attached to an aromatic ring is 1. The lowest BCUT2D eigenvalue weighted by atomic mass is 10.2. The van der Waals surface area contributed by atoms with Crippen molar-refractivity contribution in [2.75, 3.05) is 30.0 Å². The first-order valence-electron chi connectivity index (χ1n) is 5.38. The molecule has 18 heavy (non-hydrogen) atoms. The Morgan fingerprint density at radius 3 is 2.83 bits per heavy atom. The lowest BCUT2D eigenvalue weighted by Crippen LogP contribution is -2.09. The summed E-state index contributed by atoms with van der Waals surface area (Å²) in [5.41, 5.74) is 7.16. The van der Waals surface area contributed by atoms with Crippen LogP contribution in [0.3, 0.4) is 0 Å². The number of anilines is 4. The fourth-order valence-corrected chi connectivity index (χ4v) is 1.47. The Morgan fingerprint density at radius 2 is 2.11 bits per heavy atom. The van der Waals surface area contributed by atoms with Gasteiger partial charge in [0, 0.05) is 25.5 Å². The van der Waals surface area contributed by atoms with E-state index in [0.29, 0.717) is 0 Å². The van der Waals surface area contributed by atoms with Crippen molar-refractivity contribution in [2.24, 2.45) is 0 Å². The summed E-state index contributed by atoms with van der Waals surface area (Å²) in [7, 11) is 3.87. The molecule has 0 unspecified atom stereocenters. The van der Waals surface area contributed by atoms with Crippen molar-refractivity contribution in [1.29, 1.82) is 0 Å². The number of hydrogen-bond acceptors (Lipinski definition) is 5. The lowest BCUT2D eigenvalue weighted by molar-refractivity contribution is 0.620. The number of nitrogens with two attached hydrogens (primary N) is 1. The molecule has 2 aromatic rings. The van der Waals surface area contributed by atoms with Crippen molar-refractivity contribution < 1.29 is 4.39 Å². The van der Waals surface area contributed by atoms with Gasteiger partial charge in [0.1, 0.15) is 0 Å². The summed E-state index contributed by atoms with van der Waals surface area (Å²) in [6.07, 6.45) is 1.04. The standard InChI is InChI=1S/C12H14FN5/c1-18(2)9-5-3-4-8(6-9)16-11-10(13)7-15-12(14)17-11/h3-7H,1-2H3,(H3,14,15,16,17). The first-order chi connectivity index (χ1) is 8.56. The van der Waals surface area contributed by atoms with E-state index in [1.54, 1.807) is 0 Å². The average molecular weight is 247 g/mol. The van der Waals surface area contributed by atoms with Crippen molar-refractivity contribution >= 4 is 23.1 Å². The van der Waals surface area contributed by atoms with Gasteiger partial charge in [0.25, 0.3) is 0 Å². The molecule has 0 amide bonds. The Labute approximate surface area is 104 Å². The molecule has 0 saturated carbocycles. The van der Waals surface area contributed by atoms with E-state index in [9.17, 15) is 4.39 Å². The zero-order valence-electron chi connectivity index (χ0n) is 10.2. The molecule has 0 aliphatic rings. The third-order valence-corrected chi connectivity index (χ3v) is 2.39. The smallest absolute Gasteiger partial charge is 0.222 e. The molecule has 0 radical (unpaired) electrons. The zero-order chi connectivity index (χ0) is 13.1. The van der Waals surface area contributed by atoms with Gasteiger partial charge < -0.3 is 16.0 Å². The van der Waals surface area contributed by atoms with Crippen LogP contribution in [0.25, 0.3) is 0 Å². The Kier molecular flexibility index (Phi) is 3.27. The number of nitrogens with zero attached hydrogens (tertiary/aromatic N) is 3. The first-order valence-corrected chi connectivity index (χ1v) is 5.38. The molecule has 0 spiro atoms. The molecule has 0 bridgehead atoms. The molecular formula is C12H14FN5. The van der Waals surface area contributed by atoms with E-state index in [1.165, 1.54) is 0 Å². The van der Waals surface area contributed by atoms with E-state index >= 15 is 0 Å². The molecule has 0 saturated heterocycles. The molecule has 94 valence electrons. The van der Waals surface area contributed by atoms with Crippen molar-refractivity contribution in [3.8, 4) is 0 Å². The summed E-state index contributed by atoms with van der Waals surface area (Å²) in [5, 5.41) is 2.88. The number of hydrogen-bond donors (Lipinski definition) is 2. The van der Waals surface area contributed by atoms with Crippen LogP contribution in [0.5, 0.6) is 0 Å². The average Bonchev–Trinajstić information content (AvgIpc) is 2.34. The van der Waals surface area contributed by atoms with Crippen molar-refractivity contribution in [2.45, 2.75) is 0 Å². The topological polar surface area (TPSA) is 67.1 Å². The summed E-state index contributed by atoms with van der Waals surface area (Å²) in [4.78, 5) is 9.33. The molecule has 1 aromatic heterocycles. The van der Waals surface area contributed by atoms with E-state index in [4.69, 9.17) is 5.73 Å². The second-order valence-electron chi connectivity index (χ2n) is 3.99. The molecule has 1 aromatic carbocycles. The van der Waals surface area contributed by atoms with Crippen LogP contribution in [0.4, 0.5) is 27.5 Å². The molecule has 5 nitrogen and oxygen atoms in total. The minimum Gasteiger partial charge on any atom is -0.378 e. The van der Waals surface area contributed by atoms with Crippen LogP contribution in [0.1, 0.15) is 0 Å². The van der Waals surface area contributed by atoms with Crippen LogP contribution in [-0.2, 0) is 0 Å². The van der Waals surface area contributed by atoms with Gasteiger partial charge in [0.15, 0.2) is 11.6 Å². The highest BCUT2D eigenvalue weighted by Gasteiger charge is 2.06. The maximum atomic E-state index is 13.5. The first kappa shape index (κ1) is 12.1. The summed E-state index contributed by atoms with van der Waals surface area (Å²) < 4.78 is 13.5. The SMILES string of the molecule is CN(C)c1cccc(Nc2nc(N)ncc2F)c1. The van der Waals surface area contributed by atoms with E-state index in [1.807, 2.05) is 43.3 Å². The summed E-state index contributed by atoms with van der Waals surface area (Å²) in [6, 6.07) is 7.54. The molecule has 0 fully saturated rings. The van der Waals surface area contributed by atoms with Gasteiger partial charge in [-0.1, -0.05) is 6.07 Å². The minimum absolute atomic E-state index is 0.0302. The quantitative estimate of drug-likeness (QED) is 0.868. The third kappa shape index (κ3) is 2.65. The predicted octanol–water partition coefficient (Wildman–Crippen LogP) is 2.01. The molecule has 6 heteroatoms.